The SMILES string of the molecule is CN1CCN(Cc2ccc(NC(=O)c3ccc4c(c3)CN(C(=O)[C@@H]3CCC(=O)N3)CC4)cc2C(F)(F)F)CC1. The lowest BCUT2D eigenvalue weighted by atomic mass is 9.96. The molecule has 1 atom stereocenters. The van der Waals surface area contributed by atoms with Gasteiger partial charge in [-0.25, -0.2) is 0 Å². The number of carbonyl (C=O) groups is 3. The number of hydrogen-bond donors (Lipinski definition) is 2. The van der Waals surface area contributed by atoms with Crippen LogP contribution in [0.3, 0.4) is 0 Å². The molecule has 0 aliphatic carbocycles. The molecule has 2 N–H and O–H groups in total. The van der Waals surface area contributed by atoms with E-state index in [9.17, 15) is 27.6 Å². The molecule has 5 rings (SSSR count). The van der Waals surface area contributed by atoms with Crippen molar-refractivity contribution < 1.29 is 27.6 Å². The number of alkyl halides is 3. The summed E-state index contributed by atoms with van der Waals surface area (Å²) in [6.45, 7) is 4.03. The minimum atomic E-state index is -4.55. The molecule has 2 fully saturated rings. The van der Waals surface area contributed by atoms with Crippen LogP contribution in [-0.4, -0.2) is 78.2 Å². The van der Waals surface area contributed by atoms with Crippen molar-refractivity contribution in [1.29, 1.82) is 0 Å². The molecule has 3 aliphatic rings. The van der Waals surface area contributed by atoms with Crippen molar-refractivity contribution in [1.82, 2.24) is 20.0 Å². The fraction of sp³-hybridized carbons (Fsp3) is 0.464. The van der Waals surface area contributed by atoms with Gasteiger partial charge in [0.1, 0.15) is 6.04 Å². The molecule has 0 bridgehead atoms. The second-order valence-corrected chi connectivity index (χ2v) is 10.6. The zero-order valence-corrected chi connectivity index (χ0v) is 21.8. The van der Waals surface area contributed by atoms with E-state index in [4.69, 9.17) is 0 Å². The largest absolute Gasteiger partial charge is 0.416 e. The summed E-state index contributed by atoms with van der Waals surface area (Å²) < 4.78 is 41.8. The Balaban J connectivity index is 1.28. The first-order valence-corrected chi connectivity index (χ1v) is 13.2. The fourth-order valence-corrected chi connectivity index (χ4v) is 5.41. The van der Waals surface area contributed by atoms with Crippen LogP contribution in [0, 0.1) is 0 Å². The molecular formula is C28H32F3N5O3. The van der Waals surface area contributed by atoms with Gasteiger partial charge >= 0.3 is 6.18 Å². The first-order chi connectivity index (χ1) is 18.6. The Kier molecular flexibility index (Phi) is 7.64. The van der Waals surface area contributed by atoms with Crippen molar-refractivity contribution in [3.8, 4) is 0 Å². The number of anilines is 1. The van der Waals surface area contributed by atoms with Crippen LogP contribution in [0.4, 0.5) is 18.9 Å². The topological polar surface area (TPSA) is 85.0 Å². The van der Waals surface area contributed by atoms with Gasteiger partial charge in [0.05, 0.1) is 5.56 Å². The number of halogens is 3. The lowest BCUT2D eigenvalue weighted by molar-refractivity contribution is -0.138. The molecule has 3 heterocycles. The van der Waals surface area contributed by atoms with E-state index in [0.29, 0.717) is 51.0 Å². The molecule has 0 spiro atoms. The van der Waals surface area contributed by atoms with Crippen molar-refractivity contribution in [2.24, 2.45) is 0 Å². The van der Waals surface area contributed by atoms with Crippen molar-refractivity contribution in [3.05, 3.63) is 64.2 Å². The number of amides is 3. The zero-order valence-electron chi connectivity index (χ0n) is 21.8. The summed E-state index contributed by atoms with van der Waals surface area (Å²) >= 11 is 0. The lowest BCUT2D eigenvalue weighted by Gasteiger charge is -2.33. The summed E-state index contributed by atoms with van der Waals surface area (Å²) in [6, 6.07) is 8.58. The number of carbonyl (C=O) groups excluding carboxylic acids is 3. The van der Waals surface area contributed by atoms with Crippen molar-refractivity contribution in [2.45, 2.75) is 44.6 Å². The molecule has 208 valence electrons. The van der Waals surface area contributed by atoms with E-state index in [2.05, 4.69) is 15.5 Å². The first kappa shape index (κ1) is 27.1. The third-order valence-corrected chi connectivity index (χ3v) is 7.75. The smallest absolute Gasteiger partial charge is 0.344 e. The second kappa shape index (κ2) is 11.0. The summed E-state index contributed by atoms with van der Waals surface area (Å²) in [5.41, 5.74) is 1.62. The average Bonchev–Trinajstić information content (AvgIpc) is 3.35. The minimum absolute atomic E-state index is 0.0703. The maximum atomic E-state index is 13.9. The third-order valence-electron chi connectivity index (χ3n) is 7.75. The molecule has 0 aromatic heterocycles. The van der Waals surface area contributed by atoms with E-state index in [1.165, 1.54) is 12.1 Å². The molecule has 2 saturated heterocycles. The van der Waals surface area contributed by atoms with E-state index in [-0.39, 0.29) is 29.6 Å². The lowest BCUT2D eigenvalue weighted by Crippen LogP contribution is -2.46. The van der Waals surface area contributed by atoms with Crippen molar-refractivity contribution >= 4 is 23.4 Å². The number of likely N-dealkylation sites (N-methyl/N-ethyl adjacent to an activating group) is 1. The van der Waals surface area contributed by atoms with Gasteiger partial charge in [-0.15, -0.1) is 0 Å². The van der Waals surface area contributed by atoms with Crippen LogP contribution in [0.5, 0.6) is 0 Å². The molecule has 2 aromatic carbocycles. The van der Waals surface area contributed by atoms with Gasteiger partial charge in [0.25, 0.3) is 5.91 Å². The summed E-state index contributed by atoms with van der Waals surface area (Å²) in [5, 5.41) is 5.31. The van der Waals surface area contributed by atoms with Crippen molar-refractivity contribution in [2.75, 3.05) is 45.1 Å². The quantitative estimate of drug-likeness (QED) is 0.606. The molecule has 2 aromatic rings. The third kappa shape index (κ3) is 6.25. The highest BCUT2D eigenvalue weighted by molar-refractivity contribution is 6.04. The van der Waals surface area contributed by atoms with E-state index >= 15 is 0 Å². The molecule has 0 unspecified atom stereocenters. The number of nitrogens with one attached hydrogen (secondary N) is 2. The van der Waals surface area contributed by atoms with Gasteiger partial charge < -0.3 is 20.4 Å². The van der Waals surface area contributed by atoms with E-state index in [1.807, 2.05) is 18.0 Å². The molecule has 3 aliphatic heterocycles. The Hall–Kier alpha value is -3.44. The maximum Gasteiger partial charge on any atom is 0.416 e. The average molecular weight is 544 g/mol. The molecule has 0 saturated carbocycles. The Morgan fingerprint density at radius 3 is 2.46 bits per heavy atom. The number of hydrogen-bond acceptors (Lipinski definition) is 5. The predicted molar refractivity (Wildman–Crippen MR) is 139 cm³/mol. The number of piperazine rings is 1. The minimum Gasteiger partial charge on any atom is -0.344 e. The Morgan fingerprint density at radius 1 is 1.00 bits per heavy atom. The van der Waals surface area contributed by atoms with E-state index in [1.54, 1.807) is 17.0 Å². The number of nitrogens with zero attached hydrogens (tertiary/aromatic N) is 3. The molecule has 3 amide bonds. The predicted octanol–water partition coefficient (Wildman–Crippen LogP) is 2.87. The first-order valence-electron chi connectivity index (χ1n) is 13.2. The fourth-order valence-electron chi connectivity index (χ4n) is 5.41. The molecule has 11 heteroatoms. The normalized spacial score (nSPS) is 20.5. The molecule has 0 radical (unpaired) electrons. The summed E-state index contributed by atoms with van der Waals surface area (Å²) in [6.07, 6.45) is -3.13. The zero-order chi connectivity index (χ0) is 27.7. The van der Waals surface area contributed by atoms with Gasteiger partial charge in [-0.1, -0.05) is 12.1 Å². The van der Waals surface area contributed by atoms with Crippen LogP contribution in [0.15, 0.2) is 36.4 Å². The van der Waals surface area contributed by atoms with Crippen molar-refractivity contribution in [3.63, 3.8) is 0 Å². The molecular weight excluding hydrogens is 511 g/mol. The highest BCUT2D eigenvalue weighted by Crippen LogP contribution is 2.35. The van der Waals surface area contributed by atoms with Gasteiger partial charge in [-0.2, -0.15) is 13.2 Å². The summed E-state index contributed by atoms with van der Waals surface area (Å²) in [4.78, 5) is 43.2. The van der Waals surface area contributed by atoms with Gasteiger partial charge in [0.2, 0.25) is 11.8 Å². The Bertz CT molecular complexity index is 1270. The summed E-state index contributed by atoms with van der Waals surface area (Å²) in [7, 11) is 1.99. The van der Waals surface area contributed by atoms with Crippen LogP contribution in [0.25, 0.3) is 0 Å². The highest BCUT2D eigenvalue weighted by atomic mass is 19.4. The number of benzene rings is 2. The van der Waals surface area contributed by atoms with Gasteiger partial charge in [0.15, 0.2) is 0 Å². The highest BCUT2D eigenvalue weighted by Gasteiger charge is 2.35. The van der Waals surface area contributed by atoms with Gasteiger partial charge in [-0.05, 0) is 60.8 Å². The second-order valence-electron chi connectivity index (χ2n) is 10.6. The molecule has 39 heavy (non-hydrogen) atoms. The van der Waals surface area contributed by atoms with Crippen LogP contribution >= 0.6 is 0 Å². The number of rotatable bonds is 5. The van der Waals surface area contributed by atoms with E-state index < -0.39 is 23.7 Å². The van der Waals surface area contributed by atoms with Gasteiger partial charge in [0, 0.05) is 63.5 Å². The van der Waals surface area contributed by atoms with Crippen LogP contribution in [0.1, 0.15) is 45.5 Å². The van der Waals surface area contributed by atoms with Gasteiger partial charge in [-0.3, -0.25) is 19.3 Å². The molecule has 8 nitrogen and oxygen atoms in total. The Labute approximate surface area is 225 Å². The van der Waals surface area contributed by atoms with Crippen LogP contribution < -0.4 is 10.6 Å². The number of fused-ring (bicyclic) bond motifs is 1. The Morgan fingerprint density at radius 2 is 1.77 bits per heavy atom. The van der Waals surface area contributed by atoms with Crippen LogP contribution in [0.2, 0.25) is 0 Å². The maximum absolute atomic E-state index is 13.9. The van der Waals surface area contributed by atoms with E-state index in [0.717, 1.165) is 30.3 Å². The summed E-state index contributed by atoms with van der Waals surface area (Å²) in [5.74, 6) is -0.798. The standard InChI is InChI=1S/C28H32F3N5O3/c1-34-10-12-35(13-11-34)16-20-4-5-22(15-23(20)28(29,30)31)32-26(38)19-3-2-18-8-9-36(17-21(18)14-19)27(39)24-6-7-25(37)33-24/h2-5,14-15,24H,6-13,16-17H2,1H3,(H,32,38)(H,33,37)/t24-/m0/s1. The monoisotopic (exact) mass is 543 g/mol. The van der Waals surface area contributed by atoms with Crippen LogP contribution in [-0.2, 0) is 35.3 Å².